The van der Waals surface area contributed by atoms with Crippen molar-refractivity contribution < 1.29 is 0 Å². The third-order valence-corrected chi connectivity index (χ3v) is 3.13. The molecule has 0 radical (unpaired) electrons. The van der Waals surface area contributed by atoms with Crippen molar-refractivity contribution in [3.05, 3.63) is 18.6 Å². The second kappa shape index (κ2) is 6.83. The summed E-state index contributed by atoms with van der Waals surface area (Å²) in [4.78, 5) is 4.07. The third kappa shape index (κ3) is 3.43. The van der Waals surface area contributed by atoms with Gasteiger partial charge in [-0.2, -0.15) is 5.10 Å². The summed E-state index contributed by atoms with van der Waals surface area (Å²) in [7, 11) is 1.86. The Kier molecular flexibility index (Phi) is 4.86. The first-order valence-corrected chi connectivity index (χ1v) is 6.92. The second-order valence-corrected chi connectivity index (χ2v) is 4.74. The SMILES string of the molecule is CCCCCCn1ncc(N=Nc2nccn2C)c1N. The van der Waals surface area contributed by atoms with Crippen LogP contribution in [0.25, 0.3) is 0 Å². The lowest BCUT2D eigenvalue weighted by Gasteiger charge is -2.03. The molecule has 2 rings (SSSR count). The number of unbranched alkanes of at least 4 members (excludes halogenated alkanes) is 3. The summed E-state index contributed by atoms with van der Waals surface area (Å²) in [5, 5.41) is 12.4. The van der Waals surface area contributed by atoms with Crippen LogP contribution >= 0.6 is 0 Å². The minimum atomic E-state index is 0.542. The number of aromatic nitrogens is 4. The molecule has 7 nitrogen and oxygen atoms in total. The summed E-state index contributed by atoms with van der Waals surface area (Å²) < 4.78 is 3.57. The largest absolute Gasteiger partial charge is 0.382 e. The number of rotatable bonds is 7. The van der Waals surface area contributed by atoms with Gasteiger partial charge in [0.2, 0.25) is 5.95 Å². The molecule has 0 amide bonds. The summed E-state index contributed by atoms with van der Waals surface area (Å²) in [6.07, 6.45) is 9.87. The van der Waals surface area contributed by atoms with Crippen molar-refractivity contribution in [2.75, 3.05) is 5.73 Å². The number of nitrogen functional groups attached to an aromatic ring is 1. The first-order chi connectivity index (χ1) is 9.72. The van der Waals surface area contributed by atoms with E-state index in [-0.39, 0.29) is 0 Å². The minimum absolute atomic E-state index is 0.542. The molecule has 7 heteroatoms. The summed E-state index contributed by atoms with van der Waals surface area (Å²) >= 11 is 0. The Morgan fingerprint density at radius 2 is 2.10 bits per heavy atom. The molecule has 2 aromatic heterocycles. The van der Waals surface area contributed by atoms with E-state index in [1.807, 2.05) is 13.2 Å². The van der Waals surface area contributed by atoms with Gasteiger partial charge < -0.3 is 10.3 Å². The van der Waals surface area contributed by atoms with Gasteiger partial charge in [0, 0.05) is 26.0 Å². The molecule has 2 aromatic rings. The van der Waals surface area contributed by atoms with E-state index >= 15 is 0 Å². The van der Waals surface area contributed by atoms with Gasteiger partial charge in [-0.1, -0.05) is 26.2 Å². The fourth-order valence-corrected chi connectivity index (χ4v) is 1.88. The molecule has 2 heterocycles. The van der Waals surface area contributed by atoms with Crippen LogP contribution in [0.1, 0.15) is 32.6 Å². The van der Waals surface area contributed by atoms with Crippen LogP contribution in [0.2, 0.25) is 0 Å². The fraction of sp³-hybridized carbons (Fsp3) is 0.538. The van der Waals surface area contributed by atoms with E-state index in [1.165, 1.54) is 19.3 Å². The molecular formula is C13H21N7. The third-order valence-electron chi connectivity index (χ3n) is 3.13. The lowest BCUT2D eigenvalue weighted by Crippen LogP contribution is -2.04. The summed E-state index contributed by atoms with van der Waals surface area (Å²) in [6, 6.07) is 0. The number of anilines is 1. The number of aryl methyl sites for hydroxylation is 2. The fourth-order valence-electron chi connectivity index (χ4n) is 1.88. The van der Waals surface area contributed by atoms with E-state index in [2.05, 4.69) is 27.2 Å². The van der Waals surface area contributed by atoms with Gasteiger partial charge in [-0.15, -0.1) is 10.2 Å². The van der Waals surface area contributed by atoms with Crippen molar-refractivity contribution in [2.45, 2.75) is 39.2 Å². The van der Waals surface area contributed by atoms with E-state index in [4.69, 9.17) is 5.73 Å². The minimum Gasteiger partial charge on any atom is -0.382 e. The molecule has 0 atom stereocenters. The standard InChI is InChI=1S/C13H21N7/c1-3-4-5-6-8-20-12(14)11(10-16-20)17-18-13-15-7-9-19(13)2/h7,9-10H,3-6,8,14H2,1-2H3. The van der Waals surface area contributed by atoms with Gasteiger partial charge in [-0.25, -0.2) is 9.67 Å². The predicted octanol–water partition coefficient (Wildman–Crippen LogP) is 3.19. The Morgan fingerprint density at radius 1 is 1.25 bits per heavy atom. The van der Waals surface area contributed by atoms with Crippen LogP contribution in [0, 0.1) is 0 Å². The van der Waals surface area contributed by atoms with Crippen LogP contribution in [0.3, 0.4) is 0 Å². The quantitative estimate of drug-likeness (QED) is 0.621. The van der Waals surface area contributed by atoms with Crippen molar-refractivity contribution in [1.82, 2.24) is 19.3 Å². The Labute approximate surface area is 118 Å². The molecule has 0 spiro atoms. The van der Waals surface area contributed by atoms with Gasteiger partial charge in [-0.05, 0) is 6.42 Å². The van der Waals surface area contributed by atoms with E-state index < -0.39 is 0 Å². The molecule has 0 unspecified atom stereocenters. The molecular weight excluding hydrogens is 254 g/mol. The number of nitrogens with zero attached hydrogens (tertiary/aromatic N) is 6. The van der Waals surface area contributed by atoms with Crippen molar-refractivity contribution in [1.29, 1.82) is 0 Å². The van der Waals surface area contributed by atoms with Crippen LogP contribution in [0.4, 0.5) is 17.5 Å². The van der Waals surface area contributed by atoms with E-state index in [0.717, 1.165) is 13.0 Å². The van der Waals surface area contributed by atoms with Crippen molar-refractivity contribution in [3.63, 3.8) is 0 Å². The summed E-state index contributed by atoms with van der Waals surface area (Å²) in [5.74, 6) is 1.10. The lowest BCUT2D eigenvalue weighted by molar-refractivity contribution is 0.547. The Hall–Kier alpha value is -2.18. The highest BCUT2D eigenvalue weighted by molar-refractivity contribution is 5.56. The van der Waals surface area contributed by atoms with E-state index in [1.54, 1.807) is 21.6 Å². The highest BCUT2D eigenvalue weighted by Gasteiger charge is 2.06. The van der Waals surface area contributed by atoms with E-state index in [9.17, 15) is 0 Å². The number of hydrogen-bond donors (Lipinski definition) is 1. The van der Waals surface area contributed by atoms with Crippen LogP contribution in [0.5, 0.6) is 0 Å². The molecule has 108 valence electrons. The van der Waals surface area contributed by atoms with Crippen molar-refractivity contribution in [3.8, 4) is 0 Å². The molecule has 0 aliphatic heterocycles. The first-order valence-electron chi connectivity index (χ1n) is 6.92. The monoisotopic (exact) mass is 275 g/mol. The van der Waals surface area contributed by atoms with Gasteiger partial charge >= 0.3 is 0 Å². The van der Waals surface area contributed by atoms with E-state index in [0.29, 0.717) is 17.5 Å². The number of azo groups is 1. The van der Waals surface area contributed by atoms with Crippen molar-refractivity contribution in [2.24, 2.45) is 17.3 Å². The van der Waals surface area contributed by atoms with Gasteiger partial charge in [0.25, 0.3) is 0 Å². The van der Waals surface area contributed by atoms with Crippen LogP contribution in [-0.4, -0.2) is 19.3 Å². The molecule has 0 saturated heterocycles. The zero-order valence-electron chi connectivity index (χ0n) is 12.0. The van der Waals surface area contributed by atoms with Crippen LogP contribution in [-0.2, 0) is 13.6 Å². The van der Waals surface area contributed by atoms with Gasteiger partial charge in [-0.3, -0.25) is 0 Å². The number of hydrogen-bond acceptors (Lipinski definition) is 5. The predicted molar refractivity (Wildman–Crippen MR) is 78.2 cm³/mol. The highest BCUT2D eigenvalue weighted by atomic mass is 15.3. The van der Waals surface area contributed by atoms with Gasteiger partial charge in [0.15, 0.2) is 0 Å². The zero-order chi connectivity index (χ0) is 14.4. The normalized spacial score (nSPS) is 11.5. The van der Waals surface area contributed by atoms with Crippen LogP contribution < -0.4 is 5.73 Å². The topological polar surface area (TPSA) is 86.4 Å². The lowest BCUT2D eigenvalue weighted by atomic mass is 10.2. The number of imidazole rings is 1. The first kappa shape index (κ1) is 14.2. The van der Waals surface area contributed by atoms with Crippen LogP contribution in [0.15, 0.2) is 28.8 Å². The van der Waals surface area contributed by atoms with Crippen molar-refractivity contribution >= 4 is 17.5 Å². The summed E-state index contributed by atoms with van der Waals surface area (Å²) in [6.45, 7) is 3.02. The maximum atomic E-state index is 6.02. The second-order valence-electron chi connectivity index (χ2n) is 4.74. The maximum absolute atomic E-state index is 6.02. The molecule has 0 saturated carbocycles. The number of nitrogens with two attached hydrogens (primary N) is 1. The van der Waals surface area contributed by atoms with Gasteiger partial charge in [0.05, 0.1) is 6.20 Å². The Bertz CT molecular complexity index is 567. The molecule has 0 fully saturated rings. The molecule has 0 aliphatic carbocycles. The smallest absolute Gasteiger partial charge is 0.249 e. The molecule has 20 heavy (non-hydrogen) atoms. The molecule has 2 N–H and O–H groups in total. The Morgan fingerprint density at radius 3 is 2.80 bits per heavy atom. The average molecular weight is 275 g/mol. The molecule has 0 aliphatic rings. The van der Waals surface area contributed by atoms with Gasteiger partial charge in [0.1, 0.15) is 11.5 Å². The highest BCUT2D eigenvalue weighted by Crippen LogP contribution is 2.23. The molecule has 0 aromatic carbocycles. The zero-order valence-corrected chi connectivity index (χ0v) is 12.0. The Balaban J connectivity index is 1.98. The average Bonchev–Trinajstić information content (AvgIpc) is 3.00. The molecule has 0 bridgehead atoms. The maximum Gasteiger partial charge on any atom is 0.249 e. The summed E-state index contributed by atoms with van der Waals surface area (Å²) in [5.41, 5.74) is 6.60.